The average Bonchev–Trinajstić information content (AvgIpc) is 2.39. The molecule has 1 aromatic carbocycles. The minimum atomic E-state index is 0.795. The van der Waals surface area contributed by atoms with Gasteiger partial charge in [-0.05, 0) is 18.9 Å². The Morgan fingerprint density at radius 1 is 1.11 bits per heavy atom. The van der Waals surface area contributed by atoms with Crippen molar-refractivity contribution in [1.29, 1.82) is 0 Å². The molecular weight excluding hydrogens is 222 g/mol. The molecule has 0 saturated heterocycles. The zero-order chi connectivity index (χ0) is 12.8. The van der Waals surface area contributed by atoms with Crippen molar-refractivity contribution >= 4 is 5.82 Å². The van der Waals surface area contributed by atoms with Crippen molar-refractivity contribution < 1.29 is 0 Å². The lowest BCUT2D eigenvalue weighted by Gasteiger charge is -2.07. The van der Waals surface area contributed by atoms with E-state index in [2.05, 4.69) is 53.4 Å². The van der Waals surface area contributed by atoms with Gasteiger partial charge in [0.15, 0.2) is 0 Å². The molecule has 2 aromatic rings. The normalized spacial score (nSPS) is 10.3. The summed E-state index contributed by atoms with van der Waals surface area (Å²) >= 11 is 0. The third-order valence-electron chi connectivity index (χ3n) is 2.82. The summed E-state index contributed by atoms with van der Waals surface area (Å²) in [6, 6.07) is 10.5. The molecule has 18 heavy (non-hydrogen) atoms. The first-order valence-electron chi connectivity index (χ1n) is 6.38. The molecule has 0 aliphatic carbocycles. The summed E-state index contributed by atoms with van der Waals surface area (Å²) in [4.78, 5) is 8.48. The van der Waals surface area contributed by atoms with Crippen LogP contribution in [0.4, 0.5) is 5.82 Å². The average molecular weight is 241 g/mol. The van der Waals surface area contributed by atoms with Crippen LogP contribution in [0.25, 0.3) is 0 Å². The van der Waals surface area contributed by atoms with Crippen LogP contribution in [0.15, 0.2) is 36.7 Å². The van der Waals surface area contributed by atoms with E-state index in [1.165, 1.54) is 11.1 Å². The lowest BCUT2D eigenvalue weighted by Crippen LogP contribution is -2.03. The molecule has 1 heterocycles. The molecule has 0 bridgehead atoms. The van der Waals surface area contributed by atoms with Crippen LogP contribution in [0.5, 0.6) is 0 Å². The van der Waals surface area contributed by atoms with Crippen LogP contribution in [0.3, 0.4) is 0 Å². The van der Waals surface area contributed by atoms with Crippen molar-refractivity contribution in [2.24, 2.45) is 0 Å². The quantitative estimate of drug-likeness (QED) is 0.872. The summed E-state index contributed by atoms with van der Waals surface area (Å²) in [5, 5.41) is 3.33. The maximum Gasteiger partial charge on any atom is 0.129 e. The highest BCUT2D eigenvalue weighted by molar-refractivity contribution is 5.36. The second-order valence-electron chi connectivity index (χ2n) is 4.48. The van der Waals surface area contributed by atoms with Gasteiger partial charge in [0.2, 0.25) is 0 Å². The van der Waals surface area contributed by atoms with E-state index in [1.54, 1.807) is 6.33 Å². The van der Waals surface area contributed by atoms with E-state index in [-0.39, 0.29) is 0 Å². The first-order chi connectivity index (χ1) is 8.78. The number of aryl methyl sites for hydroxylation is 2. The number of rotatable bonds is 5. The zero-order valence-corrected chi connectivity index (χ0v) is 11.0. The fourth-order valence-electron chi connectivity index (χ4n) is 1.79. The van der Waals surface area contributed by atoms with Crippen molar-refractivity contribution in [3.63, 3.8) is 0 Å². The molecule has 94 valence electrons. The monoisotopic (exact) mass is 241 g/mol. The van der Waals surface area contributed by atoms with Crippen LogP contribution >= 0.6 is 0 Å². The van der Waals surface area contributed by atoms with Crippen LogP contribution in [0.2, 0.25) is 0 Å². The minimum absolute atomic E-state index is 0.795. The SMILES string of the molecule is CCCc1cc(NCc2ccc(C)cc2)ncn1. The van der Waals surface area contributed by atoms with Gasteiger partial charge >= 0.3 is 0 Å². The Labute approximate surface area is 108 Å². The first kappa shape index (κ1) is 12.6. The molecule has 2 rings (SSSR count). The fraction of sp³-hybridized carbons (Fsp3) is 0.333. The Morgan fingerprint density at radius 3 is 2.61 bits per heavy atom. The Bertz CT molecular complexity index is 491. The first-order valence-corrected chi connectivity index (χ1v) is 6.38. The maximum absolute atomic E-state index is 4.24. The summed E-state index contributed by atoms with van der Waals surface area (Å²) in [5.74, 6) is 0.897. The van der Waals surface area contributed by atoms with Gasteiger partial charge in [-0.1, -0.05) is 43.2 Å². The van der Waals surface area contributed by atoms with Crippen LogP contribution in [-0.2, 0) is 13.0 Å². The molecule has 0 saturated carbocycles. The number of hydrogen-bond donors (Lipinski definition) is 1. The van der Waals surface area contributed by atoms with E-state index in [0.29, 0.717) is 0 Å². The highest BCUT2D eigenvalue weighted by Crippen LogP contribution is 2.09. The van der Waals surface area contributed by atoms with Crippen molar-refractivity contribution in [1.82, 2.24) is 9.97 Å². The van der Waals surface area contributed by atoms with Crippen molar-refractivity contribution in [2.75, 3.05) is 5.32 Å². The summed E-state index contributed by atoms with van der Waals surface area (Å²) < 4.78 is 0. The second-order valence-corrected chi connectivity index (χ2v) is 4.48. The lowest BCUT2D eigenvalue weighted by molar-refractivity contribution is 0.871. The molecule has 0 unspecified atom stereocenters. The molecule has 3 nitrogen and oxygen atoms in total. The zero-order valence-electron chi connectivity index (χ0n) is 11.0. The van der Waals surface area contributed by atoms with Gasteiger partial charge in [0.25, 0.3) is 0 Å². The Kier molecular flexibility index (Phi) is 4.29. The molecule has 0 spiro atoms. The molecule has 1 aromatic heterocycles. The highest BCUT2D eigenvalue weighted by atomic mass is 15.0. The molecule has 0 aliphatic heterocycles. The topological polar surface area (TPSA) is 37.8 Å². The Balaban J connectivity index is 1.97. The summed E-state index contributed by atoms with van der Waals surface area (Å²) in [5.41, 5.74) is 3.64. The van der Waals surface area contributed by atoms with Crippen LogP contribution in [0, 0.1) is 6.92 Å². The number of nitrogens with zero attached hydrogens (tertiary/aromatic N) is 2. The molecule has 0 atom stereocenters. The molecule has 0 aliphatic rings. The summed E-state index contributed by atoms with van der Waals surface area (Å²) in [6.45, 7) is 5.04. The van der Waals surface area contributed by atoms with E-state index in [1.807, 2.05) is 6.07 Å². The van der Waals surface area contributed by atoms with Crippen LogP contribution in [-0.4, -0.2) is 9.97 Å². The molecule has 0 amide bonds. The van der Waals surface area contributed by atoms with E-state index in [9.17, 15) is 0 Å². The van der Waals surface area contributed by atoms with E-state index in [4.69, 9.17) is 0 Å². The van der Waals surface area contributed by atoms with Gasteiger partial charge in [0, 0.05) is 18.3 Å². The van der Waals surface area contributed by atoms with Crippen molar-refractivity contribution in [3.05, 3.63) is 53.5 Å². The van der Waals surface area contributed by atoms with Gasteiger partial charge < -0.3 is 5.32 Å². The summed E-state index contributed by atoms with van der Waals surface area (Å²) in [7, 11) is 0. The van der Waals surface area contributed by atoms with Crippen molar-refractivity contribution in [3.8, 4) is 0 Å². The molecule has 1 N–H and O–H groups in total. The van der Waals surface area contributed by atoms with Gasteiger partial charge in [-0.15, -0.1) is 0 Å². The molecule has 3 heteroatoms. The highest BCUT2D eigenvalue weighted by Gasteiger charge is 1.98. The molecule has 0 radical (unpaired) electrons. The standard InChI is InChI=1S/C15H19N3/c1-3-4-14-9-15(18-11-17-14)16-10-13-7-5-12(2)6-8-13/h5-9,11H,3-4,10H2,1-2H3,(H,16,17,18). The second kappa shape index (κ2) is 6.15. The number of hydrogen-bond acceptors (Lipinski definition) is 3. The number of benzene rings is 1. The Hall–Kier alpha value is -1.90. The van der Waals surface area contributed by atoms with Crippen LogP contribution < -0.4 is 5.32 Å². The lowest BCUT2D eigenvalue weighted by atomic mass is 10.1. The Morgan fingerprint density at radius 2 is 1.89 bits per heavy atom. The minimum Gasteiger partial charge on any atom is -0.366 e. The third kappa shape index (κ3) is 3.55. The van der Waals surface area contributed by atoms with E-state index < -0.39 is 0 Å². The smallest absolute Gasteiger partial charge is 0.129 e. The van der Waals surface area contributed by atoms with Gasteiger partial charge in [-0.25, -0.2) is 9.97 Å². The molecule has 0 fully saturated rings. The number of aromatic nitrogens is 2. The largest absolute Gasteiger partial charge is 0.366 e. The third-order valence-corrected chi connectivity index (χ3v) is 2.82. The van der Waals surface area contributed by atoms with Gasteiger partial charge in [0.1, 0.15) is 12.1 Å². The maximum atomic E-state index is 4.24. The van der Waals surface area contributed by atoms with Crippen LogP contribution in [0.1, 0.15) is 30.2 Å². The van der Waals surface area contributed by atoms with Gasteiger partial charge in [-0.3, -0.25) is 0 Å². The number of nitrogens with one attached hydrogen (secondary N) is 1. The van der Waals surface area contributed by atoms with Crippen molar-refractivity contribution in [2.45, 2.75) is 33.2 Å². The van der Waals surface area contributed by atoms with Gasteiger partial charge in [0.05, 0.1) is 0 Å². The van der Waals surface area contributed by atoms with E-state index in [0.717, 1.165) is 30.9 Å². The van der Waals surface area contributed by atoms with Gasteiger partial charge in [-0.2, -0.15) is 0 Å². The predicted molar refractivity (Wildman–Crippen MR) is 74.5 cm³/mol. The molecular formula is C15H19N3. The fourth-order valence-corrected chi connectivity index (χ4v) is 1.79. The van der Waals surface area contributed by atoms with E-state index >= 15 is 0 Å². The predicted octanol–water partition coefficient (Wildman–Crippen LogP) is 3.35. The summed E-state index contributed by atoms with van der Waals surface area (Å²) in [6.07, 6.45) is 3.73. The number of anilines is 1.